The number of hydrogen-bond acceptors (Lipinski definition) is 4. The van der Waals surface area contributed by atoms with Gasteiger partial charge in [0.25, 0.3) is 0 Å². The lowest BCUT2D eigenvalue weighted by atomic mass is 10.0. The molecule has 0 spiro atoms. The number of aliphatic hydroxyl groups excluding tert-OH is 1. The van der Waals surface area contributed by atoms with Crippen LogP contribution in [0, 0.1) is 0 Å². The quantitative estimate of drug-likeness (QED) is 0.475. The summed E-state index contributed by atoms with van der Waals surface area (Å²) in [5.41, 5.74) is 2.61. The maximum atomic E-state index is 9.26. The molecule has 0 aromatic carbocycles. The fourth-order valence-electron chi connectivity index (χ4n) is 1.29. The maximum Gasteiger partial charge on any atom is 0.0836 e. The second-order valence-electron chi connectivity index (χ2n) is 2.84. The van der Waals surface area contributed by atoms with Crippen LogP contribution in [0.15, 0.2) is 0 Å². The molecule has 1 aliphatic heterocycles. The molecule has 4 heteroatoms. The average Bonchev–Trinajstić information content (AvgIpc) is 2.01. The predicted molar refractivity (Wildman–Crippen MR) is 42.0 cm³/mol. The number of rotatable bonds is 3. The van der Waals surface area contributed by atoms with Gasteiger partial charge in [-0.15, -0.1) is 0 Å². The van der Waals surface area contributed by atoms with Gasteiger partial charge in [-0.05, 0) is 19.4 Å². The molecule has 1 saturated heterocycles. The largest absolute Gasteiger partial charge is 0.393 e. The summed E-state index contributed by atoms with van der Waals surface area (Å²) in [7, 11) is 1.74. The first-order valence-electron chi connectivity index (χ1n) is 4.03. The van der Waals surface area contributed by atoms with Gasteiger partial charge in [-0.1, -0.05) is 0 Å². The molecule has 0 aromatic heterocycles. The molecule has 4 nitrogen and oxygen atoms in total. The van der Waals surface area contributed by atoms with E-state index in [1.54, 1.807) is 7.05 Å². The molecule has 3 N–H and O–H groups in total. The second-order valence-corrected chi connectivity index (χ2v) is 2.84. The first kappa shape index (κ1) is 8.93. The van der Waals surface area contributed by atoms with E-state index < -0.39 is 0 Å². The highest BCUT2D eigenvalue weighted by Gasteiger charge is 2.18. The standard InChI is InChI=1S/C7H16N2O2/c1-8-11-5-6-4-7(10)2-3-9-6/h6-10H,2-5H2,1H3. The first-order valence-corrected chi connectivity index (χ1v) is 4.03. The highest BCUT2D eigenvalue weighted by molar-refractivity contribution is 4.76. The Labute approximate surface area is 66.9 Å². The Morgan fingerprint density at radius 2 is 2.55 bits per heavy atom. The fraction of sp³-hybridized carbons (Fsp3) is 1.00. The maximum absolute atomic E-state index is 9.26. The van der Waals surface area contributed by atoms with Gasteiger partial charge in [-0.2, -0.15) is 0 Å². The van der Waals surface area contributed by atoms with Crippen LogP contribution >= 0.6 is 0 Å². The van der Waals surface area contributed by atoms with Crippen molar-refractivity contribution in [1.82, 2.24) is 10.8 Å². The summed E-state index contributed by atoms with van der Waals surface area (Å²) in [5, 5.41) is 12.5. The monoisotopic (exact) mass is 160 g/mol. The van der Waals surface area contributed by atoms with Crippen molar-refractivity contribution < 1.29 is 9.94 Å². The molecule has 11 heavy (non-hydrogen) atoms. The summed E-state index contributed by atoms with van der Waals surface area (Å²) >= 11 is 0. The third-order valence-electron chi connectivity index (χ3n) is 1.90. The van der Waals surface area contributed by atoms with Gasteiger partial charge in [0.15, 0.2) is 0 Å². The molecule has 0 amide bonds. The lowest BCUT2D eigenvalue weighted by molar-refractivity contribution is 0.0183. The summed E-state index contributed by atoms with van der Waals surface area (Å²) in [6.07, 6.45) is 1.50. The molecule has 1 aliphatic rings. The third-order valence-corrected chi connectivity index (χ3v) is 1.90. The number of piperidine rings is 1. The summed E-state index contributed by atoms with van der Waals surface area (Å²) in [5.74, 6) is 0. The first-order chi connectivity index (χ1) is 5.33. The Bertz CT molecular complexity index is 111. The molecule has 1 fully saturated rings. The van der Waals surface area contributed by atoms with Crippen molar-refractivity contribution in [2.75, 3.05) is 20.2 Å². The third kappa shape index (κ3) is 3.16. The average molecular weight is 160 g/mol. The number of hydrogen-bond donors (Lipinski definition) is 3. The van der Waals surface area contributed by atoms with E-state index >= 15 is 0 Å². The Morgan fingerprint density at radius 3 is 3.18 bits per heavy atom. The number of hydroxylamine groups is 1. The van der Waals surface area contributed by atoms with Crippen LogP contribution in [0.5, 0.6) is 0 Å². The molecule has 0 radical (unpaired) electrons. The van der Waals surface area contributed by atoms with Crippen LogP contribution in [0.3, 0.4) is 0 Å². The summed E-state index contributed by atoms with van der Waals surface area (Å²) < 4.78 is 0. The van der Waals surface area contributed by atoms with Crippen LogP contribution in [0.25, 0.3) is 0 Å². The minimum Gasteiger partial charge on any atom is -0.393 e. The Kier molecular flexibility index (Phi) is 3.79. The lowest BCUT2D eigenvalue weighted by Gasteiger charge is -2.26. The normalized spacial score (nSPS) is 32.2. The summed E-state index contributed by atoms with van der Waals surface area (Å²) in [6, 6.07) is 0.297. The SMILES string of the molecule is CNOCC1CC(O)CCN1. The van der Waals surface area contributed by atoms with Crippen LogP contribution in [0.1, 0.15) is 12.8 Å². The van der Waals surface area contributed by atoms with Crippen molar-refractivity contribution >= 4 is 0 Å². The Hall–Kier alpha value is -0.160. The molecule has 2 atom stereocenters. The van der Waals surface area contributed by atoms with E-state index in [-0.39, 0.29) is 6.10 Å². The van der Waals surface area contributed by atoms with Gasteiger partial charge in [0, 0.05) is 13.1 Å². The van der Waals surface area contributed by atoms with Gasteiger partial charge in [0.05, 0.1) is 12.7 Å². The van der Waals surface area contributed by atoms with Crippen molar-refractivity contribution in [2.45, 2.75) is 25.0 Å². The van der Waals surface area contributed by atoms with Gasteiger partial charge in [-0.3, -0.25) is 0 Å². The number of nitrogens with one attached hydrogen (secondary N) is 2. The smallest absolute Gasteiger partial charge is 0.0836 e. The summed E-state index contributed by atoms with van der Waals surface area (Å²) in [6.45, 7) is 1.51. The molecule has 1 heterocycles. The minimum absolute atomic E-state index is 0.151. The molecule has 66 valence electrons. The molecular formula is C7H16N2O2. The van der Waals surface area contributed by atoms with Gasteiger partial charge >= 0.3 is 0 Å². The van der Waals surface area contributed by atoms with Gasteiger partial charge < -0.3 is 15.3 Å². The van der Waals surface area contributed by atoms with E-state index in [9.17, 15) is 5.11 Å². The van der Waals surface area contributed by atoms with Crippen molar-refractivity contribution in [3.05, 3.63) is 0 Å². The van der Waals surface area contributed by atoms with E-state index in [1.165, 1.54) is 0 Å². The summed E-state index contributed by atoms with van der Waals surface area (Å²) in [4.78, 5) is 5.00. The van der Waals surface area contributed by atoms with Crippen LogP contribution in [-0.4, -0.2) is 37.5 Å². The zero-order chi connectivity index (χ0) is 8.10. The van der Waals surface area contributed by atoms with E-state index in [2.05, 4.69) is 10.8 Å². The lowest BCUT2D eigenvalue weighted by Crippen LogP contribution is -2.43. The zero-order valence-electron chi connectivity index (χ0n) is 6.84. The van der Waals surface area contributed by atoms with Gasteiger partial charge in [0.2, 0.25) is 0 Å². The van der Waals surface area contributed by atoms with Crippen molar-refractivity contribution in [3.63, 3.8) is 0 Å². The fourth-order valence-corrected chi connectivity index (χ4v) is 1.29. The topological polar surface area (TPSA) is 53.5 Å². The van der Waals surface area contributed by atoms with Gasteiger partial charge in [0.1, 0.15) is 0 Å². The van der Waals surface area contributed by atoms with E-state index in [4.69, 9.17) is 4.84 Å². The molecule has 1 rings (SSSR count). The highest BCUT2D eigenvalue weighted by Crippen LogP contribution is 2.07. The minimum atomic E-state index is -0.151. The Morgan fingerprint density at radius 1 is 1.73 bits per heavy atom. The van der Waals surface area contributed by atoms with E-state index in [0.29, 0.717) is 12.6 Å². The Balaban J connectivity index is 2.12. The molecule has 0 saturated carbocycles. The molecule has 0 aromatic rings. The zero-order valence-corrected chi connectivity index (χ0v) is 6.84. The van der Waals surface area contributed by atoms with Crippen LogP contribution in [0.4, 0.5) is 0 Å². The van der Waals surface area contributed by atoms with Crippen LogP contribution in [0.2, 0.25) is 0 Å². The molecule has 0 aliphatic carbocycles. The van der Waals surface area contributed by atoms with Crippen molar-refractivity contribution in [3.8, 4) is 0 Å². The van der Waals surface area contributed by atoms with Gasteiger partial charge in [-0.25, -0.2) is 5.48 Å². The molecule has 2 unspecified atom stereocenters. The molecule has 0 bridgehead atoms. The molecular weight excluding hydrogens is 144 g/mol. The highest BCUT2D eigenvalue weighted by atomic mass is 16.6. The second kappa shape index (κ2) is 4.66. The van der Waals surface area contributed by atoms with E-state index in [1.807, 2.05) is 0 Å². The number of aliphatic hydroxyl groups is 1. The predicted octanol–water partition coefficient (Wildman–Crippen LogP) is -0.750. The van der Waals surface area contributed by atoms with E-state index in [0.717, 1.165) is 19.4 Å². The van der Waals surface area contributed by atoms with Crippen LogP contribution in [-0.2, 0) is 4.84 Å². The van der Waals surface area contributed by atoms with Crippen LogP contribution < -0.4 is 10.8 Å². The van der Waals surface area contributed by atoms with Crippen molar-refractivity contribution in [2.24, 2.45) is 0 Å². The van der Waals surface area contributed by atoms with Crippen molar-refractivity contribution in [1.29, 1.82) is 0 Å².